The number of halogens is 3. The quantitative estimate of drug-likeness (QED) is 0.638. The molecule has 0 aromatic heterocycles. The van der Waals surface area contributed by atoms with E-state index in [0.717, 1.165) is 0 Å². The van der Waals surface area contributed by atoms with Gasteiger partial charge in [0.05, 0.1) is 0 Å². The van der Waals surface area contributed by atoms with Crippen molar-refractivity contribution in [1.82, 2.24) is 0 Å². The van der Waals surface area contributed by atoms with E-state index in [-0.39, 0.29) is 0 Å². The molecule has 0 radical (unpaired) electrons. The van der Waals surface area contributed by atoms with Crippen molar-refractivity contribution in [3.8, 4) is 0 Å². The zero-order valence-electron chi connectivity index (χ0n) is 8.68. The third kappa shape index (κ3) is 2.92. The molecule has 0 amide bonds. The molecule has 18 heavy (non-hydrogen) atoms. The van der Waals surface area contributed by atoms with E-state index < -0.39 is 25.4 Å². The fraction of sp³-hybridized carbons (Fsp3) is 0. The zero-order valence-corrected chi connectivity index (χ0v) is 13.4. The van der Waals surface area contributed by atoms with Crippen molar-refractivity contribution < 1.29 is 23.2 Å². The van der Waals surface area contributed by atoms with Crippen molar-refractivity contribution in [2.75, 3.05) is 4.31 Å². The van der Waals surface area contributed by atoms with Gasteiger partial charge in [0.15, 0.2) is 0 Å². The van der Waals surface area contributed by atoms with Gasteiger partial charge >= 0.3 is 127 Å². The molecule has 9 heteroatoms. The summed E-state index contributed by atoms with van der Waals surface area (Å²) in [7, 11) is -1.65. The summed E-state index contributed by atoms with van der Waals surface area (Å²) >= 11 is 14.2. The molecular formula is C9H6Cl3N2O2STi. The van der Waals surface area contributed by atoms with E-state index in [0.29, 0.717) is 20.8 Å². The fourth-order valence-electron chi connectivity index (χ4n) is 1.40. The predicted octanol–water partition coefficient (Wildman–Crippen LogP) is 4.11. The number of thiol groups is 1. The molecular weight excluding hydrogens is 354 g/mol. The summed E-state index contributed by atoms with van der Waals surface area (Å²) in [5, 5.41) is 0.977. The number of benzene rings is 1. The molecule has 2 rings (SSSR count). The molecule has 4 nitrogen and oxygen atoms in total. The van der Waals surface area contributed by atoms with Crippen LogP contribution in [0.3, 0.4) is 0 Å². The Hall–Kier alpha value is -0.0357. The molecule has 0 saturated carbocycles. The normalized spacial score (nSPS) is 20.2. The summed E-state index contributed by atoms with van der Waals surface area (Å²) < 4.78 is 28.0. The average molecular weight is 360 g/mol. The molecule has 0 fully saturated rings. The molecule has 0 bridgehead atoms. The molecule has 95 valence electrons. The van der Waals surface area contributed by atoms with E-state index in [2.05, 4.69) is 4.40 Å². The zero-order chi connectivity index (χ0) is 13.3. The number of anilines is 1. The molecule has 1 heterocycles. The van der Waals surface area contributed by atoms with Gasteiger partial charge in [-0.25, -0.2) is 0 Å². The molecule has 1 aromatic rings. The number of hydrogen-bond acceptors (Lipinski definition) is 4. The molecule has 1 aromatic carbocycles. The van der Waals surface area contributed by atoms with Gasteiger partial charge in [0, 0.05) is 0 Å². The van der Waals surface area contributed by atoms with E-state index in [4.69, 9.17) is 34.8 Å². The number of rotatable bonds is 2. The first-order valence-corrected chi connectivity index (χ1v) is 10.4. The monoisotopic (exact) mass is 359 g/mol. The van der Waals surface area contributed by atoms with Crippen LogP contribution in [0.15, 0.2) is 28.8 Å². The maximum absolute atomic E-state index is 11.3. The van der Waals surface area contributed by atoms with Crippen molar-refractivity contribution in [2.24, 2.45) is 4.40 Å². The Morgan fingerprint density at radius 2 is 1.78 bits per heavy atom. The van der Waals surface area contributed by atoms with Crippen LogP contribution in [0.2, 0.25) is 15.1 Å². The number of nitrogens with zero attached hydrogens (tertiary/aromatic N) is 2. The number of hydrogen-bond donors (Lipinski definition) is 1. The second-order valence-electron chi connectivity index (χ2n) is 3.22. The van der Waals surface area contributed by atoms with Gasteiger partial charge < -0.3 is 0 Å². The summed E-state index contributed by atoms with van der Waals surface area (Å²) in [6.07, 6.45) is 4.69. The summed E-state index contributed by atoms with van der Waals surface area (Å²) in [4.78, 5) is 0. The summed E-state index contributed by atoms with van der Waals surface area (Å²) in [5.74, 6) is 0. The average Bonchev–Trinajstić information content (AvgIpc) is 2.28. The van der Waals surface area contributed by atoms with Gasteiger partial charge in [0.1, 0.15) is 0 Å². The van der Waals surface area contributed by atoms with Gasteiger partial charge in [0.25, 0.3) is 0 Å². The third-order valence-electron chi connectivity index (χ3n) is 2.07. The molecule has 1 aliphatic heterocycles. The van der Waals surface area contributed by atoms with E-state index in [1.54, 1.807) is 12.3 Å². The summed E-state index contributed by atoms with van der Waals surface area (Å²) in [6, 6.07) is 3.03. The minimum atomic E-state index is -3.71. The van der Waals surface area contributed by atoms with E-state index in [9.17, 15) is 6.65 Å². The Balaban J connectivity index is 2.54. The molecule has 0 N–H and O–H groups in total. The molecule has 1 atom stereocenters. The van der Waals surface area contributed by atoms with Crippen molar-refractivity contribution in [3.63, 3.8) is 0 Å². The van der Waals surface area contributed by atoms with Gasteiger partial charge in [-0.1, -0.05) is 0 Å². The first-order chi connectivity index (χ1) is 8.50. The van der Waals surface area contributed by atoms with Crippen LogP contribution >= 0.6 is 43.7 Å². The minimum absolute atomic E-state index is 0.293. The Labute approximate surface area is 126 Å². The topological polar surface area (TPSA) is 49.7 Å². The van der Waals surface area contributed by atoms with Gasteiger partial charge in [-0.3, -0.25) is 0 Å². The van der Waals surface area contributed by atoms with Crippen molar-refractivity contribution >= 4 is 55.6 Å². The van der Waals surface area contributed by atoms with Crippen molar-refractivity contribution in [2.45, 2.75) is 0 Å². The van der Waals surface area contributed by atoms with Crippen LogP contribution in [0.4, 0.5) is 5.69 Å². The molecule has 1 unspecified atom stereocenters. The fourth-order valence-corrected chi connectivity index (χ4v) is 6.07. The third-order valence-corrected chi connectivity index (χ3v) is 7.36. The van der Waals surface area contributed by atoms with Gasteiger partial charge in [0.2, 0.25) is 0 Å². The van der Waals surface area contributed by atoms with Gasteiger partial charge in [-0.2, -0.15) is 0 Å². The van der Waals surface area contributed by atoms with Crippen LogP contribution < -0.4 is 4.31 Å². The summed E-state index contributed by atoms with van der Waals surface area (Å²) in [6.45, 7) is 0. The Kier molecular flexibility index (Phi) is 4.75. The van der Waals surface area contributed by atoms with Gasteiger partial charge in [-0.05, 0) is 0 Å². The van der Waals surface area contributed by atoms with E-state index >= 15 is 0 Å². The molecule has 0 spiro atoms. The SMILES string of the molecule is [O]=[Ti](=[O])[SH]1N=CC=CN1c1c(Cl)cc(Cl)cc1Cl. The van der Waals surface area contributed by atoms with Gasteiger partial charge in [-0.15, -0.1) is 0 Å². The van der Waals surface area contributed by atoms with Crippen LogP contribution in [0.25, 0.3) is 0 Å². The van der Waals surface area contributed by atoms with Crippen LogP contribution in [-0.4, -0.2) is 6.21 Å². The number of allylic oxidation sites excluding steroid dienone is 1. The van der Waals surface area contributed by atoms with Crippen LogP contribution in [0.1, 0.15) is 0 Å². The van der Waals surface area contributed by atoms with Crippen LogP contribution in [0, 0.1) is 0 Å². The molecule has 0 aliphatic carbocycles. The van der Waals surface area contributed by atoms with E-state index in [1.165, 1.54) is 22.7 Å². The maximum atomic E-state index is 11.3. The molecule has 1 aliphatic rings. The standard InChI is InChI=1S/C9H5Cl3N2S.2O.Ti/c10-6-4-7(11)9(8(12)5-6)14-3-1-2-13-15-14;;;/h1-5H;;;/q;;;-1/p+1. The van der Waals surface area contributed by atoms with Crippen molar-refractivity contribution in [3.05, 3.63) is 39.5 Å². The Morgan fingerprint density at radius 1 is 1.17 bits per heavy atom. The summed E-state index contributed by atoms with van der Waals surface area (Å²) in [5.41, 5.74) is 0.415. The first kappa shape index (κ1) is 14.4. The van der Waals surface area contributed by atoms with Crippen LogP contribution in [-0.2, 0) is 23.2 Å². The van der Waals surface area contributed by atoms with Crippen LogP contribution in [0.5, 0.6) is 0 Å². The second-order valence-corrected chi connectivity index (χ2v) is 9.93. The van der Waals surface area contributed by atoms with E-state index in [1.807, 2.05) is 0 Å². The predicted molar refractivity (Wildman–Crippen MR) is 71.9 cm³/mol. The first-order valence-electron chi connectivity index (χ1n) is 4.66. The van der Waals surface area contributed by atoms with Crippen molar-refractivity contribution in [1.29, 1.82) is 0 Å². The Morgan fingerprint density at radius 3 is 2.33 bits per heavy atom. The molecule has 0 saturated heterocycles. The second kappa shape index (κ2) is 5.95. The Bertz CT molecular complexity index is 587.